The molecule has 102 valence electrons. The molecule has 0 aliphatic heterocycles. The molecule has 2 nitrogen and oxygen atoms in total. The molecule has 0 bridgehead atoms. The van der Waals surface area contributed by atoms with Crippen LogP contribution in [0.4, 0.5) is 13.2 Å². The van der Waals surface area contributed by atoms with Gasteiger partial charge in [0, 0.05) is 5.56 Å². The van der Waals surface area contributed by atoms with Crippen LogP contribution < -0.4 is 5.32 Å². The zero-order valence-electron chi connectivity index (χ0n) is 10.6. The second-order valence-corrected chi connectivity index (χ2v) is 4.32. The molecule has 0 aliphatic carbocycles. The van der Waals surface area contributed by atoms with Crippen molar-refractivity contribution in [3.63, 3.8) is 0 Å². The molecular weight excluding hydrogens is 255 g/mol. The average molecular weight is 269 g/mol. The molecule has 0 saturated carbocycles. The van der Waals surface area contributed by atoms with Gasteiger partial charge in [0.1, 0.15) is 11.5 Å². The summed E-state index contributed by atoms with van der Waals surface area (Å²) in [4.78, 5) is 0. The quantitative estimate of drug-likeness (QED) is 0.911. The van der Waals surface area contributed by atoms with Crippen LogP contribution in [0.2, 0.25) is 0 Å². The normalized spacial score (nSPS) is 11.8. The van der Waals surface area contributed by atoms with E-state index in [9.17, 15) is 13.2 Å². The van der Waals surface area contributed by atoms with E-state index in [1.165, 1.54) is 13.0 Å². The zero-order chi connectivity index (χ0) is 14.0. The van der Waals surface area contributed by atoms with E-state index in [1.54, 1.807) is 25.2 Å². The standard InChI is InChI=1S/C14H14F3NO/c1-9-3-4-10(7-12(9)14(15,16)17)13-6-5-11(19-13)8-18-2/h3-7,18H,8H2,1-2H3. The highest BCUT2D eigenvalue weighted by Gasteiger charge is 2.32. The van der Waals surface area contributed by atoms with E-state index >= 15 is 0 Å². The number of hydrogen-bond acceptors (Lipinski definition) is 2. The Morgan fingerprint density at radius 1 is 1.16 bits per heavy atom. The van der Waals surface area contributed by atoms with E-state index in [-0.39, 0.29) is 5.56 Å². The fourth-order valence-corrected chi connectivity index (χ4v) is 1.88. The second-order valence-electron chi connectivity index (χ2n) is 4.32. The first-order valence-corrected chi connectivity index (χ1v) is 5.83. The monoisotopic (exact) mass is 269 g/mol. The highest BCUT2D eigenvalue weighted by atomic mass is 19.4. The molecule has 5 heteroatoms. The number of hydrogen-bond donors (Lipinski definition) is 1. The van der Waals surface area contributed by atoms with Gasteiger partial charge in [-0.15, -0.1) is 0 Å². The fourth-order valence-electron chi connectivity index (χ4n) is 1.88. The van der Waals surface area contributed by atoms with Gasteiger partial charge in [0.25, 0.3) is 0 Å². The van der Waals surface area contributed by atoms with Crippen LogP contribution in [0.25, 0.3) is 11.3 Å². The Hall–Kier alpha value is -1.75. The topological polar surface area (TPSA) is 25.2 Å². The van der Waals surface area contributed by atoms with Crippen LogP contribution in [-0.2, 0) is 12.7 Å². The number of alkyl halides is 3. The van der Waals surface area contributed by atoms with Crippen LogP contribution in [0.1, 0.15) is 16.9 Å². The van der Waals surface area contributed by atoms with E-state index in [0.717, 1.165) is 6.07 Å². The predicted octanol–water partition coefficient (Wildman–Crippen LogP) is 3.99. The largest absolute Gasteiger partial charge is 0.460 e. The molecule has 1 N–H and O–H groups in total. The maximum absolute atomic E-state index is 12.8. The lowest BCUT2D eigenvalue weighted by Gasteiger charge is -2.11. The molecule has 0 radical (unpaired) electrons. The minimum absolute atomic E-state index is 0.207. The Balaban J connectivity index is 2.39. The predicted molar refractivity (Wildman–Crippen MR) is 66.6 cm³/mol. The molecule has 1 aromatic heterocycles. The van der Waals surface area contributed by atoms with Crippen molar-refractivity contribution in [2.45, 2.75) is 19.6 Å². The van der Waals surface area contributed by atoms with Crippen LogP contribution in [0.5, 0.6) is 0 Å². The third-order valence-corrected chi connectivity index (χ3v) is 2.84. The number of aryl methyl sites for hydroxylation is 1. The fraction of sp³-hybridized carbons (Fsp3) is 0.286. The molecule has 0 amide bonds. The first kappa shape index (κ1) is 13.7. The first-order valence-electron chi connectivity index (χ1n) is 5.83. The van der Waals surface area contributed by atoms with E-state index in [1.807, 2.05) is 0 Å². The highest BCUT2D eigenvalue weighted by Crippen LogP contribution is 2.35. The molecule has 0 aliphatic rings. The van der Waals surface area contributed by atoms with Gasteiger partial charge < -0.3 is 9.73 Å². The zero-order valence-corrected chi connectivity index (χ0v) is 10.6. The van der Waals surface area contributed by atoms with E-state index in [2.05, 4.69) is 5.32 Å². The van der Waals surface area contributed by atoms with Crippen LogP contribution in [0, 0.1) is 6.92 Å². The summed E-state index contributed by atoms with van der Waals surface area (Å²) < 4.78 is 44.0. The van der Waals surface area contributed by atoms with Crippen molar-refractivity contribution in [3.05, 3.63) is 47.2 Å². The van der Waals surface area contributed by atoms with E-state index in [4.69, 9.17) is 4.42 Å². The number of furan rings is 1. The second kappa shape index (κ2) is 5.09. The van der Waals surface area contributed by atoms with Gasteiger partial charge in [0.15, 0.2) is 0 Å². The van der Waals surface area contributed by atoms with Crippen LogP contribution in [0.3, 0.4) is 0 Å². The summed E-state index contributed by atoms with van der Waals surface area (Å²) >= 11 is 0. The maximum Gasteiger partial charge on any atom is 0.416 e. The van der Waals surface area contributed by atoms with Crippen molar-refractivity contribution >= 4 is 0 Å². The summed E-state index contributed by atoms with van der Waals surface area (Å²) in [6.07, 6.45) is -4.35. The lowest BCUT2D eigenvalue weighted by Crippen LogP contribution is -2.07. The summed E-state index contributed by atoms with van der Waals surface area (Å²) in [5.41, 5.74) is 0.00935. The Kier molecular flexibility index (Phi) is 3.66. The lowest BCUT2D eigenvalue weighted by atomic mass is 10.0. The van der Waals surface area contributed by atoms with Gasteiger partial charge in [0.05, 0.1) is 12.1 Å². The van der Waals surface area contributed by atoms with Gasteiger partial charge in [-0.25, -0.2) is 0 Å². The Morgan fingerprint density at radius 2 is 1.89 bits per heavy atom. The van der Waals surface area contributed by atoms with Gasteiger partial charge in [-0.3, -0.25) is 0 Å². The number of rotatable bonds is 3. The van der Waals surface area contributed by atoms with Crippen molar-refractivity contribution in [1.82, 2.24) is 5.32 Å². The highest BCUT2D eigenvalue weighted by molar-refractivity contribution is 5.60. The average Bonchev–Trinajstić information content (AvgIpc) is 2.77. The number of benzene rings is 1. The summed E-state index contributed by atoms with van der Waals surface area (Å²) in [6, 6.07) is 7.64. The molecule has 1 heterocycles. The molecule has 0 fully saturated rings. The SMILES string of the molecule is CNCc1ccc(-c2ccc(C)c(C(F)(F)F)c2)o1. The van der Waals surface area contributed by atoms with Gasteiger partial charge in [-0.1, -0.05) is 12.1 Å². The smallest absolute Gasteiger partial charge is 0.416 e. The molecule has 2 aromatic rings. The lowest BCUT2D eigenvalue weighted by molar-refractivity contribution is -0.138. The van der Waals surface area contributed by atoms with Crippen LogP contribution in [-0.4, -0.2) is 7.05 Å². The van der Waals surface area contributed by atoms with Crippen LogP contribution >= 0.6 is 0 Å². The van der Waals surface area contributed by atoms with Crippen molar-refractivity contribution in [2.75, 3.05) is 7.05 Å². The van der Waals surface area contributed by atoms with E-state index in [0.29, 0.717) is 23.6 Å². The molecule has 19 heavy (non-hydrogen) atoms. The van der Waals surface area contributed by atoms with Gasteiger partial charge in [-0.2, -0.15) is 13.2 Å². The molecule has 0 saturated heterocycles. The minimum Gasteiger partial charge on any atom is -0.460 e. The van der Waals surface area contributed by atoms with Gasteiger partial charge in [-0.05, 0) is 37.7 Å². The Morgan fingerprint density at radius 3 is 2.53 bits per heavy atom. The molecule has 2 rings (SSSR count). The number of nitrogens with one attached hydrogen (secondary N) is 1. The van der Waals surface area contributed by atoms with Crippen molar-refractivity contribution in [2.24, 2.45) is 0 Å². The van der Waals surface area contributed by atoms with Gasteiger partial charge >= 0.3 is 6.18 Å². The molecule has 0 unspecified atom stereocenters. The van der Waals surface area contributed by atoms with Crippen molar-refractivity contribution < 1.29 is 17.6 Å². The first-order chi connectivity index (χ1) is 8.91. The Bertz CT molecular complexity index is 572. The van der Waals surface area contributed by atoms with Crippen LogP contribution in [0.15, 0.2) is 34.7 Å². The summed E-state index contributed by atoms with van der Waals surface area (Å²) in [5, 5.41) is 2.92. The molecule has 0 atom stereocenters. The molecule has 0 spiro atoms. The van der Waals surface area contributed by atoms with Gasteiger partial charge in [0.2, 0.25) is 0 Å². The number of halogens is 3. The van der Waals surface area contributed by atoms with Crippen molar-refractivity contribution in [3.8, 4) is 11.3 Å². The third kappa shape index (κ3) is 2.98. The van der Waals surface area contributed by atoms with Crippen molar-refractivity contribution in [1.29, 1.82) is 0 Å². The summed E-state index contributed by atoms with van der Waals surface area (Å²) in [7, 11) is 1.77. The summed E-state index contributed by atoms with van der Waals surface area (Å²) in [6.45, 7) is 1.99. The maximum atomic E-state index is 12.8. The summed E-state index contributed by atoms with van der Waals surface area (Å²) in [5.74, 6) is 1.13. The minimum atomic E-state index is -4.35. The molecule has 1 aromatic carbocycles. The third-order valence-electron chi connectivity index (χ3n) is 2.84. The molecular formula is C14H14F3NO. The Labute approximate surface area is 109 Å². The van der Waals surface area contributed by atoms with E-state index < -0.39 is 11.7 Å².